The second-order valence-electron chi connectivity index (χ2n) is 7.09. The Morgan fingerprint density at radius 2 is 1.69 bits per heavy atom. The number of alkyl halides is 3. The van der Waals surface area contributed by atoms with Gasteiger partial charge in [-0.3, -0.25) is 4.79 Å². The minimum Gasteiger partial charge on any atom is -0.460 e. The molecular formula is C18H16BrClF6O3. The molecule has 1 aliphatic rings. The Morgan fingerprint density at radius 3 is 2.21 bits per heavy atom. The third kappa shape index (κ3) is 4.74. The number of hydrogen-bond acceptors (Lipinski definition) is 3. The van der Waals surface area contributed by atoms with Crippen molar-refractivity contribution in [3.63, 3.8) is 0 Å². The van der Waals surface area contributed by atoms with E-state index < -0.39 is 80.7 Å². The monoisotopic (exact) mass is 508 g/mol. The largest absolute Gasteiger partial charge is 0.460 e. The van der Waals surface area contributed by atoms with Gasteiger partial charge in [-0.2, -0.15) is 13.2 Å². The van der Waals surface area contributed by atoms with Gasteiger partial charge in [0.1, 0.15) is 17.5 Å². The summed E-state index contributed by atoms with van der Waals surface area (Å²) >= 11 is 8.01. The molecular weight excluding hydrogens is 494 g/mol. The van der Waals surface area contributed by atoms with Crippen molar-refractivity contribution in [3.8, 4) is 0 Å². The van der Waals surface area contributed by atoms with Crippen LogP contribution in [0, 0.1) is 34.7 Å². The van der Waals surface area contributed by atoms with Crippen molar-refractivity contribution in [1.29, 1.82) is 0 Å². The average molecular weight is 510 g/mol. The van der Waals surface area contributed by atoms with Gasteiger partial charge in [0, 0.05) is 12.7 Å². The van der Waals surface area contributed by atoms with E-state index in [9.17, 15) is 31.1 Å². The zero-order valence-corrected chi connectivity index (χ0v) is 17.7. The molecule has 1 aliphatic carbocycles. The van der Waals surface area contributed by atoms with E-state index in [-0.39, 0.29) is 0 Å². The Hall–Kier alpha value is -1.26. The lowest BCUT2D eigenvalue weighted by Crippen LogP contribution is -2.14. The summed E-state index contributed by atoms with van der Waals surface area (Å²) in [6.07, 6.45) is -4.02. The van der Waals surface area contributed by atoms with Crippen LogP contribution < -0.4 is 0 Å². The summed E-state index contributed by atoms with van der Waals surface area (Å²) < 4.78 is 89.4. The lowest BCUT2D eigenvalue weighted by atomic mass is 10.1. The van der Waals surface area contributed by atoms with E-state index in [1.807, 2.05) is 0 Å². The molecule has 0 bridgehead atoms. The number of allylic oxidation sites excluding steroid dienone is 2. The fourth-order valence-electron chi connectivity index (χ4n) is 3.04. The Balaban J connectivity index is 2.18. The van der Waals surface area contributed by atoms with Gasteiger partial charge in [0.2, 0.25) is 0 Å². The highest BCUT2D eigenvalue weighted by atomic mass is 79.9. The zero-order valence-electron chi connectivity index (χ0n) is 15.4. The topological polar surface area (TPSA) is 35.5 Å². The molecule has 29 heavy (non-hydrogen) atoms. The molecule has 0 aliphatic heterocycles. The lowest BCUT2D eigenvalue weighted by Gasteiger charge is -2.13. The number of methoxy groups -OCH3 is 1. The SMILES string of the molecule is COCc1c(F)c(F)c(COC(=O)[C@@H]2[C@H](/C=C(\Cl)C(F)(F)F)C2(C)C)c(Br)c1F. The molecule has 0 unspecified atom stereocenters. The molecule has 0 aromatic heterocycles. The van der Waals surface area contributed by atoms with Gasteiger partial charge in [-0.1, -0.05) is 31.5 Å². The van der Waals surface area contributed by atoms with Gasteiger partial charge in [-0.25, -0.2) is 13.2 Å². The molecule has 0 spiro atoms. The molecule has 0 radical (unpaired) electrons. The van der Waals surface area contributed by atoms with Crippen molar-refractivity contribution >= 4 is 33.5 Å². The van der Waals surface area contributed by atoms with E-state index in [1.54, 1.807) is 0 Å². The van der Waals surface area contributed by atoms with E-state index >= 15 is 0 Å². The predicted octanol–water partition coefficient (Wildman–Crippen LogP) is 6.01. The highest BCUT2D eigenvalue weighted by Crippen LogP contribution is 2.60. The van der Waals surface area contributed by atoms with Crippen LogP contribution in [0.2, 0.25) is 0 Å². The fraction of sp³-hybridized carbons (Fsp3) is 0.500. The molecule has 0 saturated heterocycles. The van der Waals surface area contributed by atoms with Gasteiger partial charge in [-0.15, -0.1) is 0 Å². The standard InChI is InChI=1S/C18H16BrClF6O3/c1-17(2)9(4-10(20)18(24,25)26)11(17)16(27)29-6-7-12(19)13(21)8(5-28-3)15(23)14(7)22/h4,9,11H,5-6H2,1-3H3/b10-4-/t9-,11-/m0/s1. The third-order valence-corrected chi connectivity index (χ3v) is 6.02. The molecule has 2 atom stereocenters. The molecule has 11 heteroatoms. The van der Waals surface area contributed by atoms with E-state index in [0.717, 1.165) is 6.08 Å². The van der Waals surface area contributed by atoms with E-state index in [1.165, 1.54) is 21.0 Å². The number of rotatable bonds is 6. The normalized spacial score (nSPS) is 21.3. The first kappa shape index (κ1) is 24.0. The van der Waals surface area contributed by atoms with Gasteiger partial charge in [0.25, 0.3) is 0 Å². The molecule has 1 aromatic rings. The zero-order chi connectivity index (χ0) is 22.3. The van der Waals surface area contributed by atoms with Crippen LogP contribution in [0.15, 0.2) is 15.6 Å². The maximum Gasteiger partial charge on any atom is 0.426 e. The summed E-state index contributed by atoms with van der Waals surface area (Å²) in [7, 11) is 1.17. The van der Waals surface area contributed by atoms with Gasteiger partial charge in [0.05, 0.1) is 22.6 Å². The van der Waals surface area contributed by atoms with Crippen LogP contribution in [0.1, 0.15) is 25.0 Å². The predicted molar refractivity (Wildman–Crippen MR) is 95.3 cm³/mol. The van der Waals surface area contributed by atoms with E-state index in [4.69, 9.17) is 16.3 Å². The molecule has 3 nitrogen and oxygen atoms in total. The van der Waals surface area contributed by atoms with Crippen LogP contribution in [-0.2, 0) is 27.5 Å². The van der Waals surface area contributed by atoms with E-state index in [0.29, 0.717) is 0 Å². The second-order valence-corrected chi connectivity index (χ2v) is 8.29. The first-order valence-electron chi connectivity index (χ1n) is 8.18. The highest BCUT2D eigenvalue weighted by Gasteiger charge is 2.62. The Morgan fingerprint density at radius 1 is 1.14 bits per heavy atom. The minimum absolute atomic E-state index is 0.442. The summed E-state index contributed by atoms with van der Waals surface area (Å²) in [5, 5.41) is -1.36. The molecule has 1 aromatic carbocycles. The number of carbonyl (C=O) groups is 1. The first-order chi connectivity index (χ1) is 13.2. The molecule has 1 saturated carbocycles. The summed E-state index contributed by atoms with van der Waals surface area (Å²) in [6.45, 7) is 1.74. The third-order valence-electron chi connectivity index (χ3n) is 4.85. The van der Waals surface area contributed by atoms with Gasteiger partial charge < -0.3 is 9.47 Å². The average Bonchev–Trinajstić information content (AvgIpc) is 3.16. The van der Waals surface area contributed by atoms with Gasteiger partial charge in [-0.05, 0) is 27.3 Å². The molecule has 0 amide bonds. The van der Waals surface area contributed by atoms with Crippen molar-refractivity contribution < 1.29 is 40.6 Å². The molecule has 2 rings (SSSR count). The number of carbonyl (C=O) groups excluding carboxylic acids is 1. The van der Waals surface area contributed by atoms with Crippen molar-refractivity contribution in [1.82, 2.24) is 0 Å². The quantitative estimate of drug-likeness (QED) is 0.268. The van der Waals surface area contributed by atoms with Gasteiger partial charge >= 0.3 is 12.1 Å². The van der Waals surface area contributed by atoms with Gasteiger partial charge in [0.15, 0.2) is 11.6 Å². The lowest BCUT2D eigenvalue weighted by molar-refractivity contribution is -0.147. The van der Waals surface area contributed by atoms with Crippen LogP contribution in [-0.4, -0.2) is 19.3 Å². The smallest absolute Gasteiger partial charge is 0.426 e. The number of esters is 1. The molecule has 162 valence electrons. The minimum atomic E-state index is -4.75. The first-order valence-corrected chi connectivity index (χ1v) is 9.36. The van der Waals surface area contributed by atoms with E-state index in [2.05, 4.69) is 20.7 Å². The second kappa shape index (κ2) is 8.47. The summed E-state index contributed by atoms with van der Waals surface area (Å²) in [6, 6.07) is 0. The highest BCUT2D eigenvalue weighted by molar-refractivity contribution is 9.10. The molecule has 1 fully saturated rings. The van der Waals surface area contributed by atoms with Crippen LogP contribution in [0.3, 0.4) is 0 Å². The summed E-state index contributed by atoms with van der Waals surface area (Å²) in [4.78, 5) is 12.3. The van der Waals surface area contributed by atoms with Crippen LogP contribution >= 0.6 is 27.5 Å². The van der Waals surface area contributed by atoms with Crippen LogP contribution in [0.25, 0.3) is 0 Å². The Labute approximate surface area is 176 Å². The van der Waals surface area contributed by atoms with Crippen LogP contribution in [0.5, 0.6) is 0 Å². The number of hydrogen-bond donors (Lipinski definition) is 0. The maximum absolute atomic E-state index is 14.3. The van der Waals surface area contributed by atoms with Crippen molar-refractivity contribution in [2.24, 2.45) is 17.3 Å². The summed E-state index contributed by atoms with van der Waals surface area (Å²) in [5.41, 5.74) is -2.09. The fourth-order valence-corrected chi connectivity index (χ4v) is 3.71. The van der Waals surface area contributed by atoms with Crippen LogP contribution in [0.4, 0.5) is 26.3 Å². The molecule has 0 N–H and O–H groups in total. The maximum atomic E-state index is 14.3. The Bertz CT molecular complexity index is 824. The molecule has 0 heterocycles. The number of ether oxygens (including phenoxy) is 2. The van der Waals surface area contributed by atoms with Crippen molar-refractivity contribution in [3.05, 3.63) is 44.2 Å². The van der Waals surface area contributed by atoms with Crippen molar-refractivity contribution in [2.45, 2.75) is 33.2 Å². The number of halogens is 8. The number of benzene rings is 1. The van der Waals surface area contributed by atoms with Crippen molar-refractivity contribution in [2.75, 3.05) is 7.11 Å². The Kier molecular flexibility index (Phi) is 7.01. The summed E-state index contributed by atoms with van der Waals surface area (Å²) in [5.74, 6) is -6.77.